The van der Waals surface area contributed by atoms with Crippen LogP contribution in [0.15, 0.2) is 6.20 Å². The molecule has 0 saturated heterocycles. The van der Waals surface area contributed by atoms with Crippen LogP contribution in [0.25, 0.3) is 0 Å². The molecule has 0 aromatic carbocycles. The first kappa shape index (κ1) is 12.3. The van der Waals surface area contributed by atoms with E-state index in [1.807, 2.05) is 0 Å². The van der Waals surface area contributed by atoms with Crippen LogP contribution in [-0.2, 0) is 0 Å². The van der Waals surface area contributed by atoms with Crippen molar-refractivity contribution in [3.05, 3.63) is 6.20 Å². The number of nitrogen functional groups attached to an aromatic ring is 1. The molecule has 0 fully saturated rings. The molecule has 1 heterocycles. The van der Waals surface area contributed by atoms with Crippen molar-refractivity contribution in [1.29, 1.82) is 0 Å². The molecule has 0 unspecified atom stereocenters. The largest absolute Gasteiger partial charge is 0.389 e. The zero-order valence-corrected chi connectivity index (χ0v) is 10.8. The van der Waals surface area contributed by atoms with Crippen molar-refractivity contribution in [2.75, 3.05) is 23.7 Å². The number of thiazole rings is 1. The molecular weight excluding hydrogens is 206 g/mol. The van der Waals surface area contributed by atoms with E-state index in [2.05, 4.69) is 37.6 Å². The maximum absolute atomic E-state index is 5.71. The summed E-state index contributed by atoms with van der Waals surface area (Å²) in [5, 5.41) is 1.84. The Morgan fingerprint density at radius 2 is 1.80 bits per heavy atom. The molecular formula is C11H21N3S. The summed E-state index contributed by atoms with van der Waals surface area (Å²) in [7, 11) is 0. The van der Waals surface area contributed by atoms with Gasteiger partial charge < -0.3 is 10.6 Å². The first-order valence-corrected chi connectivity index (χ1v) is 6.27. The van der Waals surface area contributed by atoms with E-state index in [4.69, 9.17) is 5.73 Å². The summed E-state index contributed by atoms with van der Waals surface area (Å²) in [6.45, 7) is 11.0. The van der Waals surface area contributed by atoms with Gasteiger partial charge in [0, 0.05) is 13.1 Å². The van der Waals surface area contributed by atoms with Gasteiger partial charge in [-0.3, -0.25) is 0 Å². The number of aromatic nitrogens is 1. The maximum atomic E-state index is 5.71. The highest BCUT2D eigenvalue weighted by Gasteiger charge is 2.13. The Hall–Kier alpha value is -0.770. The normalized spacial score (nSPS) is 11.3. The smallest absolute Gasteiger partial charge is 0.187 e. The van der Waals surface area contributed by atoms with Gasteiger partial charge in [0.2, 0.25) is 0 Å². The van der Waals surface area contributed by atoms with Crippen molar-refractivity contribution < 1.29 is 0 Å². The highest BCUT2D eigenvalue weighted by atomic mass is 32.1. The Bertz CT molecular complexity index is 284. The van der Waals surface area contributed by atoms with Gasteiger partial charge in [0.1, 0.15) is 5.00 Å². The standard InChI is InChI=1S/C11H21N3S/c1-8(2)6-14(7-9(3)4)11-13-5-10(12)15-11/h5,8-9H,6-7,12H2,1-4H3. The number of nitrogens with zero attached hydrogens (tertiary/aromatic N) is 2. The lowest BCUT2D eigenvalue weighted by molar-refractivity contribution is 0.552. The average molecular weight is 227 g/mol. The van der Waals surface area contributed by atoms with Crippen LogP contribution in [0.2, 0.25) is 0 Å². The lowest BCUT2D eigenvalue weighted by Crippen LogP contribution is -2.31. The van der Waals surface area contributed by atoms with Gasteiger partial charge in [0.25, 0.3) is 0 Å². The van der Waals surface area contributed by atoms with E-state index in [-0.39, 0.29) is 0 Å². The van der Waals surface area contributed by atoms with Gasteiger partial charge in [-0.2, -0.15) is 0 Å². The van der Waals surface area contributed by atoms with E-state index < -0.39 is 0 Å². The van der Waals surface area contributed by atoms with E-state index in [1.165, 1.54) is 0 Å². The monoisotopic (exact) mass is 227 g/mol. The van der Waals surface area contributed by atoms with Gasteiger partial charge >= 0.3 is 0 Å². The number of hydrogen-bond donors (Lipinski definition) is 1. The molecule has 3 nitrogen and oxygen atoms in total. The Kier molecular flexibility index (Phi) is 4.39. The molecule has 4 heteroatoms. The third-order valence-corrected chi connectivity index (χ3v) is 2.84. The third kappa shape index (κ3) is 4.08. The van der Waals surface area contributed by atoms with Crippen LogP contribution < -0.4 is 10.6 Å². The molecule has 0 spiro atoms. The van der Waals surface area contributed by atoms with Crippen molar-refractivity contribution in [3.63, 3.8) is 0 Å². The molecule has 0 radical (unpaired) electrons. The molecule has 86 valence electrons. The first-order chi connectivity index (χ1) is 6.99. The van der Waals surface area contributed by atoms with Crippen LogP contribution >= 0.6 is 11.3 Å². The predicted octanol–water partition coefficient (Wildman–Crippen LogP) is 2.84. The Labute approximate surface area is 96.3 Å². The Morgan fingerprint density at radius 1 is 1.27 bits per heavy atom. The summed E-state index contributed by atoms with van der Waals surface area (Å²) >= 11 is 1.57. The highest BCUT2D eigenvalue weighted by molar-refractivity contribution is 7.19. The molecule has 1 aromatic heterocycles. The molecule has 15 heavy (non-hydrogen) atoms. The fraction of sp³-hybridized carbons (Fsp3) is 0.727. The summed E-state index contributed by atoms with van der Waals surface area (Å²) in [5.74, 6) is 1.29. The minimum atomic E-state index is 0.647. The van der Waals surface area contributed by atoms with Crippen LogP contribution in [0.1, 0.15) is 27.7 Å². The van der Waals surface area contributed by atoms with E-state index in [0.29, 0.717) is 11.8 Å². The van der Waals surface area contributed by atoms with Crippen molar-refractivity contribution in [3.8, 4) is 0 Å². The number of rotatable bonds is 5. The molecule has 0 aliphatic heterocycles. The summed E-state index contributed by atoms with van der Waals surface area (Å²) in [5.41, 5.74) is 5.71. The number of anilines is 2. The highest BCUT2D eigenvalue weighted by Crippen LogP contribution is 2.25. The summed E-state index contributed by atoms with van der Waals surface area (Å²) in [6, 6.07) is 0. The molecule has 0 aliphatic carbocycles. The van der Waals surface area contributed by atoms with Crippen molar-refractivity contribution in [2.45, 2.75) is 27.7 Å². The molecule has 2 N–H and O–H groups in total. The van der Waals surface area contributed by atoms with Crippen molar-refractivity contribution in [2.24, 2.45) is 11.8 Å². The predicted molar refractivity (Wildman–Crippen MR) is 68.4 cm³/mol. The van der Waals surface area contributed by atoms with E-state index in [9.17, 15) is 0 Å². The summed E-state index contributed by atoms with van der Waals surface area (Å²) in [4.78, 5) is 6.67. The number of hydrogen-bond acceptors (Lipinski definition) is 4. The molecule has 0 bridgehead atoms. The molecule has 1 rings (SSSR count). The second-order valence-corrected chi connectivity index (χ2v) is 5.78. The van der Waals surface area contributed by atoms with Gasteiger partial charge in [-0.05, 0) is 11.8 Å². The van der Waals surface area contributed by atoms with Crippen LogP contribution in [-0.4, -0.2) is 18.1 Å². The summed E-state index contributed by atoms with van der Waals surface area (Å²) in [6.07, 6.45) is 1.74. The maximum Gasteiger partial charge on any atom is 0.187 e. The second-order valence-electron chi connectivity index (χ2n) is 4.74. The van der Waals surface area contributed by atoms with Gasteiger partial charge in [0.15, 0.2) is 5.13 Å². The van der Waals surface area contributed by atoms with Gasteiger partial charge in [0.05, 0.1) is 6.20 Å². The minimum absolute atomic E-state index is 0.647. The fourth-order valence-corrected chi connectivity index (χ4v) is 2.24. The van der Waals surface area contributed by atoms with Crippen molar-refractivity contribution >= 4 is 21.5 Å². The zero-order chi connectivity index (χ0) is 11.4. The van der Waals surface area contributed by atoms with Crippen LogP contribution in [0.3, 0.4) is 0 Å². The zero-order valence-electron chi connectivity index (χ0n) is 10.0. The number of nitrogens with two attached hydrogens (primary N) is 1. The van der Waals surface area contributed by atoms with Gasteiger partial charge in [-0.1, -0.05) is 39.0 Å². The van der Waals surface area contributed by atoms with Crippen molar-refractivity contribution in [1.82, 2.24) is 4.98 Å². The molecule has 0 atom stereocenters. The third-order valence-electron chi connectivity index (χ3n) is 1.95. The average Bonchev–Trinajstić information content (AvgIpc) is 2.48. The quantitative estimate of drug-likeness (QED) is 0.841. The van der Waals surface area contributed by atoms with Crippen LogP contribution in [0.5, 0.6) is 0 Å². The van der Waals surface area contributed by atoms with E-state index >= 15 is 0 Å². The van der Waals surface area contributed by atoms with Gasteiger partial charge in [-0.25, -0.2) is 4.98 Å². The second kappa shape index (κ2) is 5.35. The summed E-state index contributed by atoms with van der Waals surface area (Å²) < 4.78 is 0. The molecule has 0 amide bonds. The first-order valence-electron chi connectivity index (χ1n) is 5.45. The lowest BCUT2D eigenvalue weighted by Gasteiger charge is -2.25. The SMILES string of the molecule is CC(C)CN(CC(C)C)c1ncc(N)s1. The topological polar surface area (TPSA) is 42.2 Å². The van der Waals surface area contributed by atoms with E-state index in [0.717, 1.165) is 23.2 Å². The Morgan fingerprint density at radius 3 is 2.13 bits per heavy atom. The lowest BCUT2D eigenvalue weighted by atomic mass is 10.1. The fourth-order valence-electron chi connectivity index (χ4n) is 1.54. The molecule has 0 saturated carbocycles. The Balaban J connectivity index is 2.71. The molecule has 0 aliphatic rings. The minimum Gasteiger partial charge on any atom is -0.389 e. The van der Waals surface area contributed by atoms with Crippen LogP contribution in [0.4, 0.5) is 10.1 Å². The van der Waals surface area contributed by atoms with Gasteiger partial charge in [-0.15, -0.1) is 0 Å². The van der Waals surface area contributed by atoms with Crippen LogP contribution in [0, 0.1) is 11.8 Å². The van der Waals surface area contributed by atoms with E-state index in [1.54, 1.807) is 17.5 Å². The molecule has 1 aromatic rings.